The molecule has 25 heavy (non-hydrogen) atoms. The van der Waals surface area contributed by atoms with Gasteiger partial charge in [-0.1, -0.05) is 18.1 Å². The molecule has 0 unspecified atom stereocenters. The van der Waals surface area contributed by atoms with E-state index in [2.05, 4.69) is 30.3 Å². The minimum atomic E-state index is -0.255. The Morgan fingerprint density at radius 1 is 1.32 bits per heavy atom. The zero-order valence-electron chi connectivity index (χ0n) is 15.0. The molecule has 1 aromatic rings. The van der Waals surface area contributed by atoms with Gasteiger partial charge >= 0.3 is 0 Å². The number of hydrogen-bond acceptors (Lipinski definition) is 4. The highest BCUT2D eigenvalue weighted by Crippen LogP contribution is 2.69. The Morgan fingerprint density at radius 2 is 2.20 bits per heavy atom. The van der Waals surface area contributed by atoms with Crippen LogP contribution in [-0.2, 0) is 16.1 Å². The Balaban J connectivity index is 1.62. The van der Waals surface area contributed by atoms with Crippen LogP contribution in [0.4, 0.5) is 0 Å². The second-order valence-corrected chi connectivity index (χ2v) is 8.44. The fraction of sp³-hybridized carbons (Fsp3) is 0.619. The van der Waals surface area contributed by atoms with Crippen molar-refractivity contribution in [3.63, 3.8) is 0 Å². The Hall–Kier alpha value is -1.84. The topological polar surface area (TPSA) is 47.9 Å². The van der Waals surface area contributed by atoms with E-state index < -0.39 is 0 Å². The van der Waals surface area contributed by atoms with Gasteiger partial charge in [0.2, 0.25) is 0 Å². The molecule has 0 saturated heterocycles. The van der Waals surface area contributed by atoms with E-state index in [-0.39, 0.29) is 16.9 Å². The first kappa shape index (κ1) is 15.4. The lowest BCUT2D eigenvalue weighted by Gasteiger charge is -2.58. The highest BCUT2D eigenvalue weighted by Gasteiger charge is 2.70. The van der Waals surface area contributed by atoms with Crippen molar-refractivity contribution in [1.82, 2.24) is 0 Å². The van der Waals surface area contributed by atoms with Crippen molar-refractivity contribution in [2.75, 3.05) is 7.11 Å². The minimum absolute atomic E-state index is 0.0393. The molecule has 1 aromatic carbocycles. The van der Waals surface area contributed by atoms with E-state index in [0.29, 0.717) is 24.0 Å². The highest BCUT2D eigenvalue weighted by atomic mass is 16.6. The summed E-state index contributed by atoms with van der Waals surface area (Å²) in [5, 5.41) is 4.08. The van der Waals surface area contributed by atoms with E-state index in [1.165, 1.54) is 11.1 Å². The summed E-state index contributed by atoms with van der Waals surface area (Å²) in [5.74, 6) is 2.35. The van der Waals surface area contributed by atoms with Gasteiger partial charge in [0.25, 0.3) is 0 Å². The van der Waals surface area contributed by atoms with Crippen LogP contribution in [0.25, 0.3) is 0 Å². The number of ketones is 1. The Bertz CT molecular complexity index is 772. The first-order valence-corrected chi connectivity index (χ1v) is 9.48. The van der Waals surface area contributed by atoms with Crippen molar-refractivity contribution >= 4 is 12.0 Å². The smallest absolute Gasteiger partial charge is 0.143 e. The predicted molar refractivity (Wildman–Crippen MR) is 94.9 cm³/mol. The highest BCUT2D eigenvalue weighted by molar-refractivity contribution is 5.90. The lowest BCUT2D eigenvalue weighted by Crippen LogP contribution is -2.56. The van der Waals surface area contributed by atoms with Gasteiger partial charge in [0, 0.05) is 23.5 Å². The maximum absolute atomic E-state index is 12.9. The van der Waals surface area contributed by atoms with Crippen LogP contribution >= 0.6 is 0 Å². The lowest BCUT2D eigenvalue weighted by molar-refractivity contribution is -0.151. The fourth-order valence-electron chi connectivity index (χ4n) is 6.59. The quantitative estimate of drug-likeness (QED) is 0.780. The van der Waals surface area contributed by atoms with Crippen LogP contribution < -0.4 is 4.74 Å². The number of oxime groups is 1. The van der Waals surface area contributed by atoms with Crippen LogP contribution in [0.15, 0.2) is 23.4 Å². The predicted octanol–water partition coefficient (Wildman–Crippen LogP) is 3.88. The number of ether oxygens (including phenoxy) is 1. The summed E-state index contributed by atoms with van der Waals surface area (Å²) in [7, 11) is 1.73. The second kappa shape index (κ2) is 5.09. The van der Waals surface area contributed by atoms with Gasteiger partial charge in [-0.2, -0.15) is 0 Å². The SMILES string of the molecule is COc1ccc2c(c1)CC[C@@H]1[C@@H]2CC[C@]2(C)C(=O)C[C@H]3ON=CC[C@]132. The van der Waals surface area contributed by atoms with E-state index in [4.69, 9.17) is 9.57 Å². The molecule has 5 rings (SSSR count). The standard InChI is InChI=1S/C21H25NO3/c1-20-8-7-16-15-5-4-14(24-2)11-13(15)3-6-17(16)21(20)9-10-22-25-19(21)12-18(20)23/h4-5,10-11,16-17,19H,3,6-9,12H2,1-2H3/t16-,17-,19-,20-,21+/m1/s1. The Kier molecular flexibility index (Phi) is 3.14. The molecule has 0 radical (unpaired) electrons. The molecule has 0 aromatic heterocycles. The van der Waals surface area contributed by atoms with Gasteiger partial charge in [0.1, 0.15) is 17.6 Å². The zero-order chi connectivity index (χ0) is 17.2. The first-order valence-electron chi connectivity index (χ1n) is 9.48. The number of rotatable bonds is 1. The average Bonchev–Trinajstić information content (AvgIpc) is 2.88. The normalized spacial score (nSPS) is 41.2. The molecule has 4 aliphatic rings. The number of carbonyl (C=O) groups is 1. The van der Waals surface area contributed by atoms with Crippen molar-refractivity contribution in [3.8, 4) is 5.75 Å². The summed E-state index contributed by atoms with van der Waals surface area (Å²) in [6, 6.07) is 6.55. The van der Waals surface area contributed by atoms with E-state index in [1.54, 1.807) is 7.11 Å². The van der Waals surface area contributed by atoms with Gasteiger partial charge in [-0.3, -0.25) is 4.79 Å². The molecule has 0 bridgehead atoms. The number of hydrogen-bond donors (Lipinski definition) is 0. The molecule has 0 amide bonds. The second-order valence-electron chi connectivity index (χ2n) is 8.44. The van der Waals surface area contributed by atoms with Crippen molar-refractivity contribution < 1.29 is 14.4 Å². The van der Waals surface area contributed by atoms with Gasteiger partial charge in [-0.25, -0.2) is 0 Å². The van der Waals surface area contributed by atoms with Crippen LogP contribution in [0.3, 0.4) is 0 Å². The van der Waals surface area contributed by atoms with E-state index in [1.807, 2.05) is 6.21 Å². The number of carbonyl (C=O) groups excluding carboxylic acids is 1. The number of benzene rings is 1. The van der Waals surface area contributed by atoms with Gasteiger partial charge in [0.15, 0.2) is 0 Å². The van der Waals surface area contributed by atoms with Crippen LogP contribution in [0, 0.1) is 16.7 Å². The average molecular weight is 339 g/mol. The van der Waals surface area contributed by atoms with Crippen LogP contribution in [-0.4, -0.2) is 25.2 Å². The summed E-state index contributed by atoms with van der Waals surface area (Å²) in [4.78, 5) is 18.7. The number of fused-ring (bicyclic) bond motifs is 3. The van der Waals surface area contributed by atoms with Crippen molar-refractivity contribution in [3.05, 3.63) is 29.3 Å². The molecule has 2 saturated carbocycles. The molecular formula is C21H25NO3. The summed E-state index contributed by atoms with van der Waals surface area (Å²) >= 11 is 0. The fourth-order valence-corrected chi connectivity index (χ4v) is 6.59. The van der Waals surface area contributed by atoms with E-state index in [0.717, 1.165) is 37.9 Å². The maximum Gasteiger partial charge on any atom is 0.143 e. The molecular weight excluding hydrogens is 314 g/mol. The summed E-state index contributed by atoms with van der Waals surface area (Å²) in [6.45, 7) is 2.21. The van der Waals surface area contributed by atoms with E-state index >= 15 is 0 Å². The van der Waals surface area contributed by atoms with Gasteiger partial charge in [-0.15, -0.1) is 0 Å². The molecule has 1 heterocycles. The van der Waals surface area contributed by atoms with Crippen LogP contribution in [0.2, 0.25) is 0 Å². The molecule has 4 heteroatoms. The molecule has 4 nitrogen and oxygen atoms in total. The first-order chi connectivity index (χ1) is 12.1. The third kappa shape index (κ3) is 1.78. The van der Waals surface area contributed by atoms with Gasteiger partial charge in [0.05, 0.1) is 7.11 Å². The number of methoxy groups -OCH3 is 1. The molecule has 5 atom stereocenters. The molecule has 2 fully saturated rings. The van der Waals surface area contributed by atoms with Crippen LogP contribution in [0.1, 0.15) is 56.1 Å². The number of aryl methyl sites for hydroxylation is 1. The molecule has 1 spiro atoms. The number of nitrogens with zero attached hydrogens (tertiary/aromatic N) is 1. The van der Waals surface area contributed by atoms with E-state index in [9.17, 15) is 4.79 Å². The molecule has 3 aliphatic carbocycles. The summed E-state index contributed by atoms with van der Waals surface area (Å²) in [6.07, 6.45) is 7.54. The Morgan fingerprint density at radius 3 is 3.04 bits per heavy atom. The largest absolute Gasteiger partial charge is 0.497 e. The summed E-state index contributed by atoms with van der Waals surface area (Å²) < 4.78 is 5.42. The summed E-state index contributed by atoms with van der Waals surface area (Å²) in [5.41, 5.74) is 2.56. The van der Waals surface area contributed by atoms with Crippen molar-refractivity contribution in [2.24, 2.45) is 21.9 Å². The molecule has 0 N–H and O–H groups in total. The van der Waals surface area contributed by atoms with Crippen molar-refractivity contribution in [2.45, 2.75) is 57.5 Å². The number of Topliss-reactive ketones (excluding diaryl/α,β-unsaturated/α-hetero) is 1. The maximum atomic E-state index is 12.9. The van der Waals surface area contributed by atoms with Crippen LogP contribution in [0.5, 0.6) is 5.75 Å². The third-order valence-electron chi connectivity index (χ3n) is 7.86. The zero-order valence-corrected chi connectivity index (χ0v) is 15.0. The third-order valence-corrected chi connectivity index (χ3v) is 7.86. The van der Waals surface area contributed by atoms with Gasteiger partial charge < -0.3 is 9.57 Å². The Labute approximate surface area is 148 Å². The monoisotopic (exact) mass is 339 g/mol. The van der Waals surface area contributed by atoms with Crippen molar-refractivity contribution in [1.29, 1.82) is 0 Å². The molecule has 1 aliphatic heterocycles. The van der Waals surface area contributed by atoms with Gasteiger partial charge in [-0.05, 0) is 67.2 Å². The minimum Gasteiger partial charge on any atom is -0.497 e. The molecule has 132 valence electrons. The lowest BCUT2D eigenvalue weighted by atomic mass is 9.46.